The van der Waals surface area contributed by atoms with Crippen LogP contribution in [0.15, 0.2) is 66.9 Å². The Hall–Kier alpha value is -3.94. The van der Waals surface area contributed by atoms with Crippen LogP contribution in [-0.4, -0.2) is 28.8 Å². The Morgan fingerprint density at radius 1 is 1.05 bits per heavy atom. The third-order valence-corrected chi connectivity index (χ3v) is 6.73. The van der Waals surface area contributed by atoms with Crippen molar-refractivity contribution < 1.29 is 23.0 Å². The molecule has 1 aromatic heterocycles. The number of methoxy groups -OCH3 is 1. The number of nitrogens with one attached hydrogen (secondary N) is 1. The highest BCUT2D eigenvalue weighted by Crippen LogP contribution is 2.45. The van der Waals surface area contributed by atoms with Crippen molar-refractivity contribution in [3.63, 3.8) is 0 Å². The number of carbonyl (C=O) groups is 1. The number of fused-ring (bicyclic) bond motifs is 1. The third-order valence-electron chi connectivity index (χ3n) is 6.73. The van der Waals surface area contributed by atoms with E-state index in [0.717, 1.165) is 29.4 Å². The molecule has 0 bridgehead atoms. The van der Waals surface area contributed by atoms with Crippen LogP contribution in [-0.2, 0) is 4.79 Å². The Labute approximate surface area is 215 Å². The first-order valence-electron chi connectivity index (χ1n) is 11.8. The van der Waals surface area contributed by atoms with Gasteiger partial charge in [0.25, 0.3) is 0 Å². The van der Waals surface area contributed by atoms with Crippen molar-refractivity contribution in [2.45, 2.75) is 46.3 Å². The average Bonchev–Trinajstić information content (AvgIpc) is 3.49. The predicted octanol–water partition coefficient (Wildman–Crippen LogP) is 6.37. The highest BCUT2D eigenvalue weighted by atomic mass is 19.1. The third kappa shape index (κ3) is 5.28. The van der Waals surface area contributed by atoms with Crippen LogP contribution in [0, 0.1) is 17.0 Å². The van der Waals surface area contributed by atoms with E-state index in [1.165, 1.54) is 31.4 Å². The number of nitrogens with zero attached hydrogens (tertiary/aromatic N) is 2. The van der Waals surface area contributed by atoms with Crippen molar-refractivity contribution in [1.82, 2.24) is 15.1 Å². The van der Waals surface area contributed by atoms with E-state index in [-0.39, 0.29) is 24.6 Å². The molecule has 194 valence electrons. The second-order valence-electron chi connectivity index (χ2n) is 9.50. The summed E-state index contributed by atoms with van der Waals surface area (Å²) in [6.45, 7) is 3.77. The van der Waals surface area contributed by atoms with Gasteiger partial charge in [0, 0.05) is 16.4 Å². The van der Waals surface area contributed by atoms with E-state index in [0.29, 0.717) is 17.1 Å². The van der Waals surface area contributed by atoms with Gasteiger partial charge in [-0.25, -0.2) is 13.5 Å². The highest BCUT2D eigenvalue weighted by molar-refractivity contribution is 5.85. The van der Waals surface area contributed by atoms with E-state index in [2.05, 4.69) is 10.4 Å². The zero-order chi connectivity index (χ0) is 25.4. The maximum Gasteiger partial charge on any atom is 0.226 e. The lowest BCUT2D eigenvalue weighted by molar-refractivity contribution is -0.127. The van der Waals surface area contributed by atoms with Crippen LogP contribution in [0.1, 0.15) is 45.8 Å². The molecule has 1 aliphatic carbocycles. The van der Waals surface area contributed by atoms with Gasteiger partial charge in [0.05, 0.1) is 30.6 Å². The van der Waals surface area contributed by atoms with Gasteiger partial charge in [0.2, 0.25) is 5.91 Å². The zero-order valence-electron chi connectivity index (χ0n) is 20.3. The molecule has 3 aromatic carbocycles. The SMILES string of the molecule is C.COc1ccc(F)cc1[C@H](Oc1ccc2c(cnn2-c2ccc(F)cc2)c1)[C@@H](C)NC(=O)C1(C)CC1. The van der Waals surface area contributed by atoms with Gasteiger partial charge in [-0.15, -0.1) is 0 Å². The van der Waals surface area contributed by atoms with Crippen LogP contribution in [0.25, 0.3) is 16.6 Å². The smallest absolute Gasteiger partial charge is 0.226 e. The second-order valence-corrected chi connectivity index (χ2v) is 9.50. The first-order chi connectivity index (χ1) is 17.3. The molecule has 0 saturated heterocycles. The van der Waals surface area contributed by atoms with E-state index in [9.17, 15) is 13.6 Å². The normalized spacial score (nSPS) is 15.4. The topological polar surface area (TPSA) is 65.4 Å². The summed E-state index contributed by atoms with van der Waals surface area (Å²) >= 11 is 0. The molecule has 0 radical (unpaired) electrons. The van der Waals surface area contributed by atoms with Gasteiger partial charge in [-0.05, 0) is 80.4 Å². The minimum atomic E-state index is -0.716. The molecule has 1 heterocycles. The van der Waals surface area contributed by atoms with Crippen LogP contribution >= 0.6 is 0 Å². The highest BCUT2D eigenvalue weighted by Gasteiger charge is 2.45. The molecule has 0 unspecified atom stereocenters. The van der Waals surface area contributed by atoms with E-state index in [1.54, 1.807) is 35.1 Å². The molecular weight excluding hydrogens is 476 g/mol. The zero-order valence-corrected chi connectivity index (χ0v) is 20.3. The Kier molecular flexibility index (Phi) is 7.21. The Balaban J connectivity index is 0.00000320. The van der Waals surface area contributed by atoms with Gasteiger partial charge in [-0.1, -0.05) is 14.4 Å². The first kappa shape index (κ1) is 26.1. The van der Waals surface area contributed by atoms with Gasteiger partial charge in [0.15, 0.2) is 0 Å². The Bertz CT molecular complexity index is 1410. The summed E-state index contributed by atoms with van der Waals surface area (Å²) in [5, 5.41) is 8.29. The molecule has 1 aliphatic rings. The lowest BCUT2D eigenvalue weighted by atomic mass is 10.00. The van der Waals surface area contributed by atoms with Crippen LogP contribution in [0.5, 0.6) is 11.5 Å². The quantitative estimate of drug-likeness (QED) is 0.301. The molecule has 1 saturated carbocycles. The molecular formula is C29H31F2N3O3. The van der Waals surface area contributed by atoms with Crippen LogP contribution in [0.2, 0.25) is 0 Å². The van der Waals surface area contributed by atoms with Gasteiger partial charge < -0.3 is 14.8 Å². The lowest BCUT2D eigenvalue weighted by Gasteiger charge is -2.28. The van der Waals surface area contributed by atoms with Crippen molar-refractivity contribution in [1.29, 1.82) is 0 Å². The second kappa shape index (κ2) is 10.2. The lowest BCUT2D eigenvalue weighted by Crippen LogP contribution is -2.42. The number of halogens is 2. The molecule has 4 aromatic rings. The van der Waals surface area contributed by atoms with Crippen LogP contribution in [0.4, 0.5) is 8.78 Å². The van der Waals surface area contributed by atoms with Crippen molar-refractivity contribution in [3.05, 3.63) is 84.1 Å². The number of ether oxygens (including phenoxy) is 2. The molecule has 0 spiro atoms. The van der Waals surface area contributed by atoms with Gasteiger partial charge >= 0.3 is 0 Å². The summed E-state index contributed by atoms with van der Waals surface area (Å²) in [5.41, 5.74) is 1.68. The summed E-state index contributed by atoms with van der Waals surface area (Å²) < 4.78 is 41.2. The van der Waals surface area contributed by atoms with E-state index < -0.39 is 18.0 Å². The van der Waals surface area contributed by atoms with Gasteiger partial charge in [-0.2, -0.15) is 5.10 Å². The van der Waals surface area contributed by atoms with E-state index in [4.69, 9.17) is 9.47 Å². The molecule has 1 amide bonds. The van der Waals surface area contributed by atoms with Gasteiger partial charge in [-0.3, -0.25) is 4.79 Å². The molecule has 8 heteroatoms. The summed E-state index contributed by atoms with van der Waals surface area (Å²) in [7, 11) is 1.51. The fourth-order valence-corrected chi connectivity index (χ4v) is 4.25. The van der Waals surface area contributed by atoms with Crippen molar-refractivity contribution in [2.75, 3.05) is 7.11 Å². The maximum absolute atomic E-state index is 14.3. The summed E-state index contributed by atoms with van der Waals surface area (Å²) in [5.74, 6) is 0.196. The number of rotatable bonds is 8. The number of hydrogen-bond acceptors (Lipinski definition) is 4. The van der Waals surface area contributed by atoms with Crippen molar-refractivity contribution in [2.24, 2.45) is 5.41 Å². The van der Waals surface area contributed by atoms with Crippen LogP contribution in [0.3, 0.4) is 0 Å². The average molecular weight is 508 g/mol. The molecule has 0 aliphatic heterocycles. The fourth-order valence-electron chi connectivity index (χ4n) is 4.25. The van der Waals surface area contributed by atoms with E-state index >= 15 is 0 Å². The molecule has 2 atom stereocenters. The van der Waals surface area contributed by atoms with Crippen molar-refractivity contribution >= 4 is 16.8 Å². The number of amides is 1. The Morgan fingerprint density at radius 3 is 2.43 bits per heavy atom. The molecule has 1 N–H and O–H groups in total. The fraction of sp³-hybridized carbons (Fsp3) is 0.310. The summed E-state index contributed by atoms with van der Waals surface area (Å²) in [6.07, 6.45) is 2.67. The number of hydrogen-bond donors (Lipinski definition) is 1. The minimum absolute atomic E-state index is 0. The van der Waals surface area contributed by atoms with E-state index in [1.807, 2.05) is 26.0 Å². The standard InChI is InChI=1S/C28H27F2N3O3.CH4/c1-17(32-27(34)28(2)12-13-28)26(23-15-20(30)6-11-25(23)35-3)36-22-9-10-24-18(14-22)16-31-33(24)21-7-4-19(29)5-8-21;/h4-11,14-17,26H,12-13H2,1-3H3,(H,32,34);1H4/t17-,26-;/m1./s1. The minimum Gasteiger partial charge on any atom is -0.496 e. The summed E-state index contributed by atoms with van der Waals surface area (Å²) in [4.78, 5) is 12.8. The molecule has 6 nitrogen and oxygen atoms in total. The molecule has 1 fully saturated rings. The number of carbonyl (C=O) groups excluding carboxylic acids is 1. The summed E-state index contributed by atoms with van der Waals surface area (Å²) in [6, 6.07) is 15.3. The van der Waals surface area contributed by atoms with Crippen LogP contribution < -0.4 is 14.8 Å². The monoisotopic (exact) mass is 507 g/mol. The molecule has 37 heavy (non-hydrogen) atoms. The van der Waals surface area contributed by atoms with Gasteiger partial charge in [0.1, 0.15) is 29.2 Å². The maximum atomic E-state index is 14.3. The Morgan fingerprint density at radius 2 is 1.76 bits per heavy atom. The van der Waals surface area contributed by atoms with Crippen molar-refractivity contribution in [3.8, 4) is 17.2 Å². The largest absolute Gasteiger partial charge is 0.496 e. The number of benzene rings is 3. The predicted molar refractivity (Wildman–Crippen MR) is 139 cm³/mol. The number of aromatic nitrogens is 2. The first-order valence-corrected chi connectivity index (χ1v) is 11.8. The molecule has 5 rings (SSSR count).